The molecule has 0 unspecified atom stereocenters. The maximum Gasteiger partial charge on any atom is 1.00 e. The van der Waals surface area contributed by atoms with Crippen molar-refractivity contribution in [2.75, 3.05) is 23.7 Å². The van der Waals surface area contributed by atoms with Gasteiger partial charge < -0.3 is 23.3 Å². The Bertz CT molecular complexity index is 2650. The third kappa shape index (κ3) is 13.2. The minimum Gasteiger partial charge on any atom is -0.748 e. The van der Waals surface area contributed by atoms with Crippen molar-refractivity contribution < 1.29 is 137 Å². The summed E-state index contributed by atoms with van der Waals surface area (Å²) in [6.45, 7) is 11.5. The van der Waals surface area contributed by atoms with Crippen molar-refractivity contribution in [3.63, 3.8) is 0 Å². The summed E-state index contributed by atoms with van der Waals surface area (Å²) in [5, 5.41) is 0. The molecule has 2 heterocycles. The zero-order chi connectivity index (χ0) is 43.7. The first-order chi connectivity index (χ1) is 28.1. The Morgan fingerprint density at radius 3 is 2.08 bits per heavy atom. The fourth-order valence-electron chi connectivity index (χ4n) is 8.43. The van der Waals surface area contributed by atoms with Gasteiger partial charge in [0, 0.05) is 47.0 Å². The second-order valence-corrected chi connectivity index (χ2v) is 20.8. The summed E-state index contributed by atoms with van der Waals surface area (Å²) in [5.41, 5.74) is 6.10. The van der Waals surface area contributed by atoms with E-state index >= 15 is 0 Å². The van der Waals surface area contributed by atoms with Gasteiger partial charge in [-0.2, -0.15) is 18.2 Å². The van der Waals surface area contributed by atoms with Gasteiger partial charge in [-0.15, -0.1) is 6.07 Å². The van der Waals surface area contributed by atoms with Gasteiger partial charge in [0.25, 0.3) is 0 Å². The Kier molecular flexibility index (Phi) is 20.1. The Morgan fingerprint density at radius 2 is 1.44 bits per heavy atom. The maximum atomic E-state index is 12.1. The Morgan fingerprint density at radius 1 is 0.778 bits per heavy atom. The molecule has 63 heavy (non-hydrogen) atoms. The van der Waals surface area contributed by atoms with Crippen molar-refractivity contribution in [1.29, 1.82) is 0 Å². The van der Waals surface area contributed by atoms with Crippen LogP contribution in [-0.4, -0.2) is 68.0 Å². The standard InChI is InChI=1S/C45H54N2O10S3.3Na/c1-6-7-10-28-47-40-25-24-36(60(54,55)56)31-38(40)45(4,5)42(47)27-19-33-15-13-14-32(43(33)57-34-20-22-35(23-21-34)59(51,52)53)18-26-41-44(2,3)37-16-8-9-17-39(37)46(41)29-11-12-30-58(48,49)50;;;/h9,16-27,31H,6-7,10-15,28-30H2,1-5H3,(H,48,49,50)(H,51,52,53)(H,54,55,56);;;/q;3*+1/p-3. The second kappa shape index (κ2) is 22.6. The van der Waals surface area contributed by atoms with E-state index < -0.39 is 46.9 Å². The van der Waals surface area contributed by atoms with Crippen molar-refractivity contribution in [1.82, 2.24) is 0 Å². The fraction of sp³-hybridized carbons (Fsp3) is 0.400. The second-order valence-electron chi connectivity index (χ2n) is 16.5. The molecule has 6 rings (SSSR count). The molecule has 3 aromatic carbocycles. The van der Waals surface area contributed by atoms with Crippen molar-refractivity contribution in [3.05, 3.63) is 125 Å². The third-order valence-electron chi connectivity index (χ3n) is 11.6. The summed E-state index contributed by atoms with van der Waals surface area (Å²) in [5.74, 6) is 0.456. The Labute approximate surface area is 440 Å². The van der Waals surface area contributed by atoms with Gasteiger partial charge in [-0.05, 0) is 103 Å². The molecule has 0 N–H and O–H groups in total. The summed E-state index contributed by atoms with van der Waals surface area (Å²) in [6, 6.07) is 18.8. The molecular weight excluding hydrogens is 894 g/mol. The molecule has 0 fully saturated rings. The summed E-state index contributed by atoms with van der Waals surface area (Å²) < 4.78 is 114. The molecule has 3 aromatic rings. The maximum absolute atomic E-state index is 12.1. The molecule has 3 aliphatic rings. The number of benzene rings is 3. The zero-order valence-corrected chi connectivity index (χ0v) is 46.0. The van der Waals surface area contributed by atoms with Gasteiger partial charge in [-0.25, -0.2) is 29.8 Å². The van der Waals surface area contributed by atoms with Crippen LogP contribution < -0.4 is 98.3 Å². The number of unbranched alkanes of at least 4 members (excludes halogenated alkanes) is 3. The van der Waals surface area contributed by atoms with Gasteiger partial charge in [0.05, 0.1) is 19.9 Å². The van der Waals surface area contributed by atoms with Crippen LogP contribution in [0.2, 0.25) is 0 Å². The molecule has 0 aromatic heterocycles. The molecule has 2 aliphatic heterocycles. The van der Waals surface area contributed by atoms with Crippen molar-refractivity contribution in [2.24, 2.45) is 0 Å². The SMILES string of the molecule is CCCCCN1/C(=C/C=C2\CCCC(/C=C/C3=[N+](CCCCS(=O)(=O)[O-])c4cc[c-]cc4C3(C)C)=C2Oc2ccc(S(=O)(=O)[O-])cc2)C(C)(C)c2cc(S(=O)(=O)[O-])ccc21.[Na+].[Na+].[Na+]. The van der Waals surface area contributed by atoms with E-state index in [-0.39, 0.29) is 105 Å². The Hall–Kier alpha value is -1.38. The summed E-state index contributed by atoms with van der Waals surface area (Å²) in [6.07, 6.45) is 13.8. The number of hydrogen-bond donors (Lipinski definition) is 0. The topological polar surface area (TPSA) is 187 Å². The molecule has 0 bridgehead atoms. The molecule has 0 radical (unpaired) electrons. The number of rotatable bonds is 16. The molecule has 322 valence electrons. The van der Waals surface area contributed by atoms with Crippen LogP contribution in [0.15, 0.2) is 117 Å². The van der Waals surface area contributed by atoms with Gasteiger partial charge in [-0.1, -0.05) is 59.1 Å². The number of fused-ring (bicyclic) bond motifs is 2. The third-order valence-corrected chi connectivity index (χ3v) is 14.1. The number of hydrogen-bond acceptors (Lipinski definition) is 11. The predicted molar refractivity (Wildman–Crippen MR) is 227 cm³/mol. The first-order valence-corrected chi connectivity index (χ1v) is 24.6. The van der Waals surface area contributed by atoms with E-state index in [1.165, 1.54) is 36.4 Å². The van der Waals surface area contributed by atoms with Crippen molar-refractivity contribution in [3.8, 4) is 5.75 Å². The minimum absolute atomic E-state index is 0. The number of allylic oxidation sites excluding steroid dienone is 7. The van der Waals surface area contributed by atoms with Crippen LogP contribution in [0.5, 0.6) is 5.75 Å². The van der Waals surface area contributed by atoms with Crippen molar-refractivity contribution in [2.45, 2.75) is 107 Å². The van der Waals surface area contributed by atoms with E-state index in [0.717, 1.165) is 70.7 Å². The van der Waals surface area contributed by atoms with E-state index in [4.69, 9.17) is 4.74 Å². The van der Waals surface area contributed by atoms with Crippen LogP contribution in [-0.2, 0) is 41.2 Å². The quantitative estimate of drug-likeness (QED) is 0.0557. The van der Waals surface area contributed by atoms with Crippen LogP contribution in [0.4, 0.5) is 11.4 Å². The predicted octanol–water partition coefficient (Wildman–Crippen LogP) is -1.12. The van der Waals surface area contributed by atoms with E-state index in [1.54, 1.807) is 6.07 Å². The average molecular weight is 945 g/mol. The van der Waals surface area contributed by atoms with Gasteiger partial charge >= 0.3 is 88.7 Å². The molecule has 1 aliphatic carbocycles. The van der Waals surface area contributed by atoms with Crippen LogP contribution in [0.3, 0.4) is 0 Å². The minimum atomic E-state index is -4.68. The van der Waals surface area contributed by atoms with Gasteiger partial charge in [0.15, 0.2) is 5.71 Å². The smallest absolute Gasteiger partial charge is 0.748 e. The van der Waals surface area contributed by atoms with E-state index in [9.17, 15) is 38.9 Å². The van der Waals surface area contributed by atoms with Crippen LogP contribution in [0, 0.1) is 6.07 Å². The molecule has 0 saturated heterocycles. The van der Waals surface area contributed by atoms with Gasteiger partial charge in [-0.3, -0.25) is 0 Å². The van der Waals surface area contributed by atoms with Crippen molar-refractivity contribution >= 4 is 47.4 Å². The molecule has 0 saturated carbocycles. The number of anilines is 1. The first-order valence-electron chi connectivity index (χ1n) is 20.2. The van der Waals surface area contributed by atoms with E-state index in [0.29, 0.717) is 43.9 Å². The number of ether oxygens (including phenoxy) is 1. The van der Waals surface area contributed by atoms with E-state index in [1.807, 2.05) is 56.4 Å². The van der Waals surface area contributed by atoms with E-state index in [2.05, 4.69) is 36.3 Å². The monoisotopic (exact) mass is 944 g/mol. The molecular formula is C45H51N2Na3O10S3. The average Bonchev–Trinajstić information content (AvgIpc) is 3.52. The summed E-state index contributed by atoms with van der Waals surface area (Å²) in [4.78, 5) is 1.53. The van der Waals surface area contributed by atoms with Crippen LogP contribution in [0.1, 0.15) is 97.1 Å². The molecule has 0 amide bonds. The summed E-state index contributed by atoms with van der Waals surface area (Å²) in [7, 11) is -13.7. The zero-order valence-electron chi connectivity index (χ0n) is 37.6. The molecule has 0 spiro atoms. The summed E-state index contributed by atoms with van der Waals surface area (Å²) >= 11 is 0. The molecule has 18 heteroatoms. The van der Waals surface area contributed by atoms with Crippen LogP contribution in [0.25, 0.3) is 0 Å². The fourth-order valence-corrected chi connectivity index (χ4v) is 9.95. The molecule has 12 nitrogen and oxygen atoms in total. The Balaban J connectivity index is 0.00000352. The normalized spacial score (nSPS) is 18.3. The van der Waals surface area contributed by atoms with Gasteiger partial charge in [0.2, 0.25) is 0 Å². The van der Waals surface area contributed by atoms with Gasteiger partial charge in [0.1, 0.15) is 44.0 Å². The van der Waals surface area contributed by atoms with Crippen LogP contribution >= 0.6 is 0 Å². The molecule has 0 atom stereocenters. The first kappa shape index (κ1) is 55.9. The number of nitrogens with zero attached hydrogens (tertiary/aromatic N) is 2. The largest absolute Gasteiger partial charge is 1.00 e.